The van der Waals surface area contributed by atoms with Crippen LogP contribution in [0.25, 0.3) is 12.2 Å². The third kappa shape index (κ3) is 8.77. The van der Waals surface area contributed by atoms with Gasteiger partial charge in [-0.25, -0.2) is 9.78 Å². The molecule has 0 spiro atoms. The molecule has 1 aromatic heterocycles. The van der Waals surface area contributed by atoms with Crippen LogP contribution in [0, 0.1) is 0 Å². The first-order chi connectivity index (χ1) is 10.0. The molecule has 0 bridgehead atoms. The van der Waals surface area contributed by atoms with Gasteiger partial charge in [-0.2, -0.15) is 0 Å². The quantitative estimate of drug-likeness (QED) is 0.836. The van der Waals surface area contributed by atoms with Gasteiger partial charge in [0.1, 0.15) is 0 Å². The Morgan fingerprint density at radius 3 is 1.90 bits per heavy atom. The molecule has 0 aliphatic heterocycles. The fourth-order valence-electron chi connectivity index (χ4n) is 1.10. The summed E-state index contributed by atoms with van der Waals surface area (Å²) in [5.74, 6) is -0.935. The minimum Gasteiger partial charge on any atom is -0.478 e. The summed E-state index contributed by atoms with van der Waals surface area (Å²) < 4.78 is 0. The molecule has 2 aromatic rings. The van der Waals surface area contributed by atoms with E-state index in [2.05, 4.69) is 29.7 Å². The minimum absolute atomic E-state index is 0.176. The highest BCUT2D eigenvalue weighted by molar-refractivity contribution is 5.84. The van der Waals surface area contributed by atoms with Gasteiger partial charge < -0.3 is 10.1 Å². The molecule has 4 heteroatoms. The largest absolute Gasteiger partial charge is 0.478 e. The number of aromatic nitrogens is 2. The highest BCUT2D eigenvalue weighted by Crippen LogP contribution is 2.10. The van der Waals surface area contributed by atoms with Crippen LogP contribution >= 0.6 is 0 Å². The van der Waals surface area contributed by atoms with Gasteiger partial charge in [-0.15, -0.1) is 0 Å². The Labute approximate surface area is 125 Å². The summed E-state index contributed by atoms with van der Waals surface area (Å²) in [5, 5.41) is 7.89. The van der Waals surface area contributed by atoms with Gasteiger partial charge in [0.05, 0.1) is 6.33 Å². The van der Waals surface area contributed by atoms with Gasteiger partial charge in [0.15, 0.2) is 0 Å². The smallest absolute Gasteiger partial charge is 0.330 e. The molecule has 0 aliphatic carbocycles. The van der Waals surface area contributed by atoms with Crippen molar-refractivity contribution >= 4 is 18.1 Å². The Balaban J connectivity index is 0.000000311. The van der Waals surface area contributed by atoms with Crippen LogP contribution in [0.5, 0.6) is 0 Å². The summed E-state index contributed by atoms with van der Waals surface area (Å²) in [5.41, 5.74) is 2.45. The van der Waals surface area contributed by atoms with Crippen LogP contribution in [0.3, 0.4) is 0 Å². The monoisotopic (exact) mass is 284 g/mol. The first-order valence-electron chi connectivity index (χ1n) is 6.18. The molecule has 21 heavy (non-hydrogen) atoms. The van der Waals surface area contributed by atoms with Crippen LogP contribution in [0.15, 0.2) is 68.3 Å². The maximum Gasteiger partial charge on any atom is 0.330 e. The number of benzene rings is 1. The number of nitrogens with one attached hydrogen (secondary N) is 1. The molecule has 2 rings (SSSR count). The standard InChI is InChI=1S/C10H10.C4H6O2.C3H4N2/c1-3-9-7-5-6-8-10(9)4-2;1-3(2)4(5)6;1-2-5-3-4-1/h3-8H,1-2H2;1H2,2H3,(H,5,6);1-3H,(H,4,5). The zero-order chi connectivity index (χ0) is 16.1. The zero-order valence-electron chi connectivity index (χ0n) is 12.1. The number of rotatable bonds is 3. The number of nitrogens with zero attached hydrogens (tertiary/aromatic N) is 1. The second-order valence-corrected chi connectivity index (χ2v) is 3.88. The highest BCUT2D eigenvalue weighted by atomic mass is 16.4. The molecule has 0 radical (unpaired) electrons. The molecule has 0 atom stereocenters. The molecule has 0 aliphatic rings. The maximum atomic E-state index is 9.60. The molecule has 0 amide bonds. The zero-order valence-corrected chi connectivity index (χ0v) is 12.1. The van der Waals surface area contributed by atoms with Crippen molar-refractivity contribution in [3.05, 3.63) is 79.4 Å². The van der Waals surface area contributed by atoms with Crippen LogP contribution in [-0.2, 0) is 4.79 Å². The lowest BCUT2D eigenvalue weighted by Crippen LogP contribution is -1.92. The van der Waals surface area contributed by atoms with Gasteiger partial charge in [0.2, 0.25) is 0 Å². The molecule has 0 saturated heterocycles. The van der Waals surface area contributed by atoms with Crippen molar-refractivity contribution in [1.82, 2.24) is 9.97 Å². The molecule has 0 fully saturated rings. The molecule has 4 nitrogen and oxygen atoms in total. The molecular formula is C17H20N2O2. The van der Waals surface area contributed by atoms with Crippen molar-refractivity contribution in [2.45, 2.75) is 6.92 Å². The molecular weight excluding hydrogens is 264 g/mol. The Kier molecular flexibility index (Phi) is 9.48. The van der Waals surface area contributed by atoms with Crippen LogP contribution in [0.4, 0.5) is 0 Å². The summed E-state index contributed by atoms with van der Waals surface area (Å²) >= 11 is 0. The number of hydrogen-bond donors (Lipinski definition) is 2. The average molecular weight is 284 g/mol. The average Bonchev–Trinajstić information content (AvgIpc) is 3.07. The van der Waals surface area contributed by atoms with Gasteiger partial charge in [0, 0.05) is 18.0 Å². The van der Waals surface area contributed by atoms with E-state index in [1.54, 1.807) is 18.7 Å². The summed E-state index contributed by atoms with van der Waals surface area (Å²) in [4.78, 5) is 16.0. The number of carbonyl (C=O) groups is 1. The number of H-pyrrole nitrogens is 1. The second-order valence-electron chi connectivity index (χ2n) is 3.88. The predicted molar refractivity (Wildman–Crippen MR) is 87.7 cm³/mol. The fraction of sp³-hybridized carbons (Fsp3) is 0.0588. The predicted octanol–water partition coefficient (Wildman–Crippen LogP) is 4.03. The van der Waals surface area contributed by atoms with E-state index in [4.69, 9.17) is 5.11 Å². The number of carboxylic acid groups (broad SMARTS) is 1. The molecule has 0 saturated carbocycles. The number of aliphatic carboxylic acids is 1. The van der Waals surface area contributed by atoms with Crippen LogP contribution in [0.1, 0.15) is 18.1 Å². The second kappa shape index (κ2) is 11.0. The summed E-state index contributed by atoms with van der Waals surface area (Å²) in [6.45, 7) is 12.0. The van der Waals surface area contributed by atoms with Crippen LogP contribution in [0.2, 0.25) is 0 Å². The van der Waals surface area contributed by atoms with Gasteiger partial charge in [0.25, 0.3) is 0 Å². The van der Waals surface area contributed by atoms with Gasteiger partial charge in [-0.3, -0.25) is 0 Å². The maximum absolute atomic E-state index is 9.60. The first-order valence-corrected chi connectivity index (χ1v) is 6.18. The first kappa shape index (κ1) is 18.1. The summed E-state index contributed by atoms with van der Waals surface area (Å²) in [7, 11) is 0. The van der Waals surface area contributed by atoms with Crippen molar-refractivity contribution < 1.29 is 9.90 Å². The van der Waals surface area contributed by atoms with Gasteiger partial charge in [-0.05, 0) is 18.1 Å². The third-order valence-corrected chi connectivity index (χ3v) is 2.21. The van der Waals surface area contributed by atoms with E-state index in [0.717, 1.165) is 11.1 Å². The summed E-state index contributed by atoms with van der Waals surface area (Å²) in [6, 6.07) is 8.02. The molecule has 2 N–H and O–H groups in total. The Morgan fingerprint density at radius 2 is 1.71 bits per heavy atom. The number of carboxylic acids is 1. The van der Waals surface area contributed by atoms with E-state index in [1.165, 1.54) is 6.92 Å². The van der Waals surface area contributed by atoms with E-state index in [1.807, 2.05) is 36.4 Å². The summed E-state index contributed by atoms with van der Waals surface area (Å²) in [6.07, 6.45) is 8.74. The number of hydrogen-bond acceptors (Lipinski definition) is 2. The van der Waals surface area contributed by atoms with Crippen molar-refractivity contribution in [3.8, 4) is 0 Å². The van der Waals surface area contributed by atoms with Crippen molar-refractivity contribution in [2.24, 2.45) is 0 Å². The van der Waals surface area contributed by atoms with Crippen molar-refractivity contribution in [2.75, 3.05) is 0 Å². The minimum atomic E-state index is -0.935. The lowest BCUT2D eigenvalue weighted by atomic mass is 10.1. The van der Waals surface area contributed by atoms with E-state index in [9.17, 15) is 4.79 Å². The Morgan fingerprint density at radius 1 is 1.24 bits per heavy atom. The van der Waals surface area contributed by atoms with E-state index in [-0.39, 0.29) is 5.57 Å². The molecule has 1 heterocycles. The highest BCUT2D eigenvalue weighted by Gasteiger charge is 1.90. The third-order valence-electron chi connectivity index (χ3n) is 2.21. The van der Waals surface area contributed by atoms with Crippen molar-refractivity contribution in [3.63, 3.8) is 0 Å². The lowest BCUT2D eigenvalue weighted by molar-refractivity contribution is -0.132. The van der Waals surface area contributed by atoms with Crippen molar-refractivity contribution in [1.29, 1.82) is 0 Å². The number of imidazole rings is 1. The molecule has 0 unspecified atom stereocenters. The normalized spacial score (nSPS) is 8.24. The Hall–Kier alpha value is -2.88. The lowest BCUT2D eigenvalue weighted by Gasteiger charge is -1.96. The SMILES string of the molecule is C=C(C)C(=O)O.C=Cc1ccccc1C=C.c1c[nH]cn1. The van der Waals surface area contributed by atoms with Gasteiger partial charge in [-0.1, -0.05) is 56.2 Å². The number of aromatic amines is 1. The van der Waals surface area contributed by atoms with E-state index >= 15 is 0 Å². The van der Waals surface area contributed by atoms with Gasteiger partial charge >= 0.3 is 5.97 Å². The van der Waals surface area contributed by atoms with Crippen LogP contribution < -0.4 is 0 Å². The fourth-order valence-corrected chi connectivity index (χ4v) is 1.10. The molecule has 1 aromatic carbocycles. The Bertz CT molecular complexity index is 516. The molecule has 110 valence electrons. The van der Waals surface area contributed by atoms with E-state index in [0.29, 0.717) is 0 Å². The topological polar surface area (TPSA) is 66.0 Å². The van der Waals surface area contributed by atoms with Crippen LogP contribution in [-0.4, -0.2) is 21.0 Å². The van der Waals surface area contributed by atoms with E-state index < -0.39 is 5.97 Å².